The summed E-state index contributed by atoms with van der Waals surface area (Å²) in [5.41, 5.74) is 0.871. The average Bonchev–Trinajstić information content (AvgIpc) is 2.19. The molecule has 1 nitrogen and oxygen atoms in total. The van der Waals surface area contributed by atoms with Gasteiger partial charge in [0, 0.05) is 5.02 Å². The van der Waals surface area contributed by atoms with Gasteiger partial charge in [-0.2, -0.15) is 5.26 Å². The summed E-state index contributed by atoms with van der Waals surface area (Å²) in [7, 11) is 0. The van der Waals surface area contributed by atoms with Gasteiger partial charge in [0.25, 0.3) is 0 Å². The van der Waals surface area contributed by atoms with E-state index in [4.69, 9.17) is 11.6 Å². The lowest BCUT2D eigenvalue weighted by Gasteiger charge is -2.45. The molecule has 0 bridgehead atoms. The predicted octanol–water partition coefficient (Wildman–Crippen LogP) is 4.17. The van der Waals surface area contributed by atoms with Crippen LogP contribution in [0.5, 0.6) is 0 Å². The van der Waals surface area contributed by atoms with Gasteiger partial charge in [-0.3, -0.25) is 0 Å². The van der Waals surface area contributed by atoms with Crippen molar-refractivity contribution < 1.29 is 0 Å². The Kier molecular flexibility index (Phi) is 2.95. The van der Waals surface area contributed by atoms with Crippen LogP contribution in [0.25, 0.3) is 0 Å². The SMILES string of the molecule is CC(C)C1CC(C#N)(c2ccc(Cl)cc2)C1. The van der Waals surface area contributed by atoms with Crippen molar-refractivity contribution >= 4 is 11.6 Å². The van der Waals surface area contributed by atoms with E-state index in [2.05, 4.69) is 19.9 Å². The fourth-order valence-corrected chi connectivity index (χ4v) is 2.59. The Bertz CT molecular complexity index is 407. The van der Waals surface area contributed by atoms with E-state index < -0.39 is 0 Å². The third-order valence-electron chi connectivity index (χ3n) is 3.77. The number of hydrogen-bond acceptors (Lipinski definition) is 1. The molecule has 0 amide bonds. The Morgan fingerprint density at radius 2 is 1.88 bits per heavy atom. The highest BCUT2D eigenvalue weighted by atomic mass is 35.5. The Morgan fingerprint density at radius 1 is 1.31 bits per heavy atom. The van der Waals surface area contributed by atoms with Gasteiger partial charge in [0.05, 0.1) is 11.5 Å². The van der Waals surface area contributed by atoms with Gasteiger partial charge in [-0.25, -0.2) is 0 Å². The quantitative estimate of drug-likeness (QED) is 0.752. The van der Waals surface area contributed by atoms with Crippen LogP contribution in [-0.4, -0.2) is 0 Å². The highest BCUT2D eigenvalue weighted by molar-refractivity contribution is 6.30. The first-order chi connectivity index (χ1) is 7.57. The summed E-state index contributed by atoms with van der Waals surface area (Å²) in [4.78, 5) is 0. The Balaban J connectivity index is 2.20. The molecule has 1 aromatic rings. The van der Waals surface area contributed by atoms with Gasteiger partial charge in [0.15, 0.2) is 0 Å². The Labute approximate surface area is 102 Å². The first kappa shape index (κ1) is 11.5. The summed E-state index contributed by atoms with van der Waals surface area (Å²) in [6.07, 6.45) is 1.98. The molecule has 0 N–H and O–H groups in total. The molecular formula is C14H16ClN. The second kappa shape index (κ2) is 4.11. The smallest absolute Gasteiger partial charge is 0.0827 e. The van der Waals surface area contributed by atoms with E-state index in [1.54, 1.807) is 0 Å². The monoisotopic (exact) mass is 233 g/mol. The molecular weight excluding hydrogens is 218 g/mol. The molecule has 2 rings (SSSR count). The number of benzene rings is 1. The van der Waals surface area contributed by atoms with Gasteiger partial charge in [-0.1, -0.05) is 37.6 Å². The zero-order chi connectivity index (χ0) is 11.8. The van der Waals surface area contributed by atoms with Crippen LogP contribution in [0.2, 0.25) is 5.02 Å². The Hall–Kier alpha value is -1.00. The third-order valence-corrected chi connectivity index (χ3v) is 4.03. The molecule has 1 fully saturated rings. The van der Waals surface area contributed by atoms with Gasteiger partial charge < -0.3 is 0 Å². The fourth-order valence-electron chi connectivity index (χ4n) is 2.47. The highest BCUT2D eigenvalue weighted by Gasteiger charge is 2.46. The van der Waals surface area contributed by atoms with Crippen molar-refractivity contribution in [3.8, 4) is 6.07 Å². The normalized spacial score (nSPS) is 28.6. The summed E-state index contributed by atoms with van der Waals surface area (Å²) < 4.78 is 0. The molecule has 0 atom stereocenters. The van der Waals surface area contributed by atoms with E-state index in [1.807, 2.05) is 24.3 Å². The van der Waals surface area contributed by atoms with Gasteiger partial charge >= 0.3 is 0 Å². The highest BCUT2D eigenvalue weighted by Crippen LogP contribution is 2.50. The van der Waals surface area contributed by atoms with Crippen LogP contribution >= 0.6 is 11.6 Å². The lowest BCUT2D eigenvalue weighted by Crippen LogP contribution is -2.42. The van der Waals surface area contributed by atoms with Crippen molar-refractivity contribution in [2.24, 2.45) is 11.8 Å². The predicted molar refractivity (Wildman–Crippen MR) is 66.3 cm³/mol. The van der Waals surface area contributed by atoms with Crippen molar-refractivity contribution in [3.05, 3.63) is 34.9 Å². The van der Waals surface area contributed by atoms with Crippen LogP contribution in [0.1, 0.15) is 32.3 Å². The van der Waals surface area contributed by atoms with Crippen LogP contribution < -0.4 is 0 Å². The Morgan fingerprint density at radius 3 is 2.31 bits per heavy atom. The van der Waals surface area contributed by atoms with Crippen LogP contribution in [0.3, 0.4) is 0 Å². The maximum absolute atomic E-state index is 9.38. The average molecular weight is 234 g/mol. The zero-order valence-corrected chi connectivity index (χ0v) is 10.5. The number of nitrogens with zero attached hydrogens (tertiary/aromatic N) is 1. The van der Waals surface area contributed by atoms with Crippen molar-refractivity contribution in [3.63, 3.8) is 0 Å². The van der Waals surface area contributed by atoms with Crippen LogP contribution in [0, 0.1) is 23.2 Å². The minimum Gasteiger partial charge on any atom is -0.197 e. The number of rotatable bonds is 2. The van der Waals surface area contributed by atoms with Gasteiger partial charge in [0.2, 0.25) is 0 Å². The van der Waals surface area contributed by atoms with E-state index in [0.717, 1.165) is 23.4 Å². The molecule has 2 heteroatoms. The summed E-state index contributed by atoms with van der Waals surface area (Å²) in [5.74, 6) is 1.36. The molecule has 1 saturated carbocycles. The molecule has 84 valence electrons. The molecule has 0 aromatic heterocycles. The minimum absolute atomic E-state index is 0.250. The number of hydrogen-bond donors (Lipinski definition) is 0. The minimum atomic E-state index is -0.250. The summed E-state index contributed by atoms with van der Waals surface area (Å²) in [5, 5.41) is 10.1. The van der Waals surface area contributed by atoms with E-state index >= 15 is 0 Å². The van der Waals surface area contributed by atoms with E-state index in [1.165, 1.54) is 0 Å². The van der Waals surface area contributed by atoms with Crippen LogP contribution in [-0.2, 0) is 5.41 Å². The second-order valence-corrected chi connectivity index (χ2v) is 5.55. The van der Waals surface area contributed by atoms with Crippen LogP contribution in [0.4, 0.5) is 0 Å². The van der Waals surface area contributed by atoms with Gasteiger partial charge in [-0.15, -0.1) is 0 Å². The molecule has 16 heavy (non-hydrogen) atoms. The van der Waals surface area contributed by atoms with Crippen molar-refractivity contribution in [2.45, 2.75) is 32.1 Å². The second-order valence-electron chi connectivity index (χ2n) is 5.11. The zero-order valence-electron chi connectivity index (χ0n) is 9.70. The van der Waals surface area contributed by atoms with E-state index in [-0.39, 0.29) is 5.41 Å². The maximum atomic E-state index is 9.38. The van der Waals surface area contributed by atoms with E-state index in [0.29, 0.717) is 11.8 Å². The third kappa shape index (κ3) is 1.83. The standard InChI is InChI=1S/C14H16ClN/c1-10(2)11-7-14(8-11,9-16)12-3-5-13(15)6-4-12/h3-6,10-11H,7-8H2,1-2H3. The molecule has 0 spiro atoms. The van der Waals surface area contributed by atoms with Crippen molar-refractivity contribution in [1.82, 2.24) is 0 Å². The molecule has 1 aliphatic carbocycles. The molecule has 0 unspecified atom stereocenters. The van der Waals surface area contributed by atoms with Crippen molar-refractivity contribution in [2.75, 3.05) is 0 Å². The van der Waals surface area contributed by atoms with Crippen molar-refractivity contribution in [1.29, 1.82) is 5.26 Å². The maximum Gasteiger partial charge on any atom is 0.0827 e. The summed E-state index contributed by atoms with van der Waals surface area (Å²) in [6.45, 7) is 4.46. The number of halogens is 1. The molecule has 0 heterocycles. The summed E-state index contributed by atoms with van der Waals surface area (Å²) in [6, 6.07) is 10.2. The molecule has 0 saturated heterocycles. The topological polar surface area (TPSA) is 23.8 Å². The van der Waals surface area contributed by atoms with Gasteiger partial charge in [0.1, 0.15) is 0 Å². The lowest BCUT2D eigenvalue weighted by atomic mass is 9.57. The first-order valence-corrected chi connectivity index (χ1v) is 6.12. The number of nitriles is 1. The van der Waals surface area contributed by atoms with Crippen LogP contribution in [0.15, 0.2) is 24.3 Å². The fraction of sp³-hybridized carbons (Fsp3) is 0.500. The van der Waals surface area contributed by atoms with Gasteiger partial charge in [-0.05, 0) is 42.4 Å². The van der Waals surface area contributed by atoms with E-state index in [9.17, 15) is 5.26 Å². The molecule has 1 aromatic carbocycles. The molecule has 1 aliphatic rings. The molecule has 0 aliphatic heterocycles. The largest absolute Gasteiger partial charge is 0.197 e. The summed E-state index contributed by atoms with van der Waals surface area (Å²) >= 11 is 5.86. The lowest BCUT2D eigenvalue weighted by molar-refractivity contribution is 0.145. The first-order valence-electron chi connectivity index (χ1n) is 5.75. The molecule has 0 radical (unpaired) electrons.